The van der Waals surface area contributed by atoms with Crippen molar-refractivity contribution in [1.82, 2.24) is 19.6 Å². The van der Waals surface area contributed by atoms with E-state index in [0.717, 1.165) is 30.5 Å². The van der Waals surface area contributed by atoms with E-state index in [9.17, 15) is 9.59 Å². The Kier molecular flexibility index (Phi) is 5.70. The fourth-order valence-electron chi connectivity index (χ4n) is 4.27. The maximum Gasteiger partial charge on any atom is 0.272 e. The average Bonchev–Trinajstić information content (AvgIpc) is 3.24. The third-order valence-corrected chi connectivity index (χ3v) is 6.65. The number of hydrogen-bond donors (Lipinski definition) is 0. The number of carbonyl (C=O) groups is 2. The van der Waals surface area contributed by atoms with Gasteiger partial charge in [-0.1, -0.05) is 48.4 Å². The van der Waals surface area contributed by atoms with E-state index in [-0.39, 0.29) is 17.7 Å². The number of benzene rings is 2. The van der Waals surface area contributed by atoms with E-state index in [1.807, 2.05) is 70.5 Å². The van der Waals surface area contributed by atoms with Crippen molar-refractivity contribution in [2.75, 3.05) is 26.2 Å². The smallest absolute Gasteiger partial charge is 0.272 e. The Labute approximate surface area is 192 Å². The lowest BCUT2D eigenvalue weighted by molar-refractivity contribution is -0.139. The van der Waals surface area contributed by atoms with Crippen molar-refractivity contribution in [3.8, 4) is 16.9 Å². The average molecular weight is 449 g/mol. The Bertz CT molecular complexity index is 1110. The molecular weight excluding hydrogens is 424 g/mol. The first kappa shape index (κ1) is 20.8. The summed E-state index contributed by atoms with van der Waals surface area (Å²) in [4.78, 5) is 29.8. The van der Waals surface area contributed by atoms with Crippen molar-refractivity contribution in [3.05, 3.63) is 71.4 Å². The SMILES string of the molecule is O=C(c1cc(-c2ccc(Cl)cc2)nn1-c1ccccc1)N1CCN(C(=O)C2CCC2)CC1. The summed E-state index contributed by atoms with van der Waals surface area (Å²) in [6, 6.07) is 18.9. The quantitative estimate of drug-likeness (QED) is 0.598. The van der Waals surface area contributed by atoms with E-state index in [1.54, 1.807) is 4.68 Å². The molecule has 32 heavy (non-hydrogen) atoms. The molecule has 3 aromatic rings. The molecular formula is C25H25ClN4O2. The van der Waals surface area contributed by atoms with Gasteiger partial charge < -0.3 is 9.80 Å². The van der Waals surface area contributed by atoms with Crippen LogP contribution in [-0.2, 0) is 4.79 Å². The molecule has 2 amide bonds. The first-order chi connectivity index (χ1) is 15.6. The Hall–Kier alpha value is -3.12. The summed E-state index contributed by atoms with van der Waals surface area (Å²) < 4.78 is 1.71. The second kappa shape index (κ2) is 8.79. The maximum absolute atomic E-state index is 13.5. The Morgan fingerprint density at radius 3 is 2.16 bits per heavy atom. The van der Waals surface area contributed by atoms with Gasteiger partial charge >= 0.3 is 0 Å². The molecule has 2 fully saturated rings. The standard InChI is InChI=1S/C25H25ClN4O2/c26-20-11-9-18(10-12-20)22-17-23(30(27-22)21-7-2-1-3-8-21)25(32)29-15-13-28(14-16-29)24(31)19-5-4-6-19/h1-3,7-12,17,19H,4-6,13-16H2. The molecule has 5 rings (SSSR count). The summed E-state index contributed by atoms with van der Waals surface area (Å²) in [5.74, 6) is 0.374. The molecule has 7 heteroatoms. The molecule has 1 saturated carbocycles. The van der Waals surface area contributed by atoms with Gasteiger partial charge in [0.25, 0.3) is 5.91 Å². The fourth-order valence-corrected chi connectivity index (χ4v) is 4.39. The molecule has 1 saturated heterocycles. The highest BCUT2D eigenvalue weighted by Crippen LogP contribution is 2.29. The number of carbonyl (C=O) groups excluding carboxylic acids is 2. The lowest BCUT2D eigenvalue weighted by Crippen LogP contribution is -2.52. The number of aromatic nitrogens is 2. The maximum atomic E-state index is 13.5. The van der Waals surface area contributed by atoms with Gasteiger partial charge in [0.15, 0.2) is 0 Å². The van der Waals surface area contributed by atoms with Gasteiger partial charge in [-0.3, -0.25) is 9.59 Å². The minimum atomic E-state index is -0.0719. The van der Waals surface area contributed by atoms with Crippen molar-refractivity contribution in [3.63, 3.8) is 0 Å². The molecule has 1 aromatic heterocycles. The number of rotatable bonds is 4. The number of nitrogens with zero attached hydrogens (tertiary/aromatic N) is 4. The Balaban J connectivity index is 1.40. The molecule has 6 nitrogen and oxygen atoms in total. The van der Waals surface area contributed by atoms with Crippen LogP contribution in [-0.4, -0.2) is 57.6 Å². The third kappa shape index (κ3) is 4.02. The molecule has 0 unspecified atom stereocenters. The van der Waals surface area contributed by atoms with Crippen LogP contribution in [0.15, 0.2) is 60.7 Å². The van der Waals surface area contributed by atoms with Gasteiger partial charge in [0, 0.05) is 42.7 Å². The zero-order valence-corrected chi connectivity index (χ0v) is 18.5. The number of hydrogen-bond acceptors (Lipinski definition) is 3. The van der Waals surface area contributed by atoms with Crippen LogP contribution in [0, 0.1) is 5.92 Å². The minimum absolute atomic E-state index is 0.0719. The molecule has 0 N–H and O–H groups in total. The molecule has 164 valence electrons. The minimum Gasteiger partial charge on any atom is -0.339 e. The lowest BCUT2D eigenvalue weighted by Gasteiger charge is -2.38. The van der Waals surface area contributed by atoms with Gasteiger partial charge in [0.2, 0.25) is 5.91 Å². The van der Waals surface area contributed by atoms with Gasteiger partial charge in [0.1, 0.15) is 5.69 Å². The van der Waals surface area contributed by atoms with E-state index >= 15 is 0 Å². The Morgan fingerprint density at radius 1 is 0.875 bits per heavy atom. The van der Waals surface area contributed by atoms with Gasteiger partial charge in [-0.25, -0.2) is 4.68 Å². The van der Waals surface area contributed by atoms with Crippen molar-refractivity contribution in [1.29, 1.82) is 0 Å². The van der Waals surface area contributed by atoms with E-state index in [1.165, 1.54) is 0 Å². The zero-order valence-electron chi connectivity index (χ0n) is 17.8. The van der Waals surface area contributed by atoms with E-state index < -0.39 is 0 Å². The highest BCUT2D eigenvalue weighted by molar-refractivity contribution is 6.30. The van der Waals surface area contributed by atoms with Crippen molar-refractivity contribution >= 4 is 23.4 Å². The molecule has 2 aromatic carbocycles. The highest BCUT2D eigenvalue weighted by atomic mass is 35.5. The molecule has 1 aliphatic heterocycles. The van der Waals surface area contributed by atoms with E-state index in [0.29, 0.717) is 42.6 Å². The van der Waals surface area contributed by atoms with Gasteiger partial charge in [-0.2, -0.15) is 5.10 Å². The van der Waals surface area contributed by atoms with Crippen LogP contribution >= 0.6 is 11.6 Å². The van der Waals surface area contributed by atoms with E-state index in [4.69, 9.17) is 16.7 Å². The molecule has 0 spiro atoms. The van der Waals surface area contributed by atoms with E-state index in [2.05, 4.69) is 0 Å². The summed E-state index contributed by atoms with van der Waals surface area (Å²) in [5, 5.41) is 5.40. The fraction of sp³-hybridized carbons (Fsp3) is 0.320. The van der Waals surface area contributed by atoms with Crippen molar-refractivity contribution < 1.29 is 9.59 Å². The van der Waals surface area contributed by atoms with Crippen LogP contribution in [0.25, 0.3) is 16.9 Å². The summed E-state index contributed by atoms with van der Waals surface area (Å²) in [7, 11) is 0. The molecule has 2 heterocycles. The van der Waals surface area contributed by atoms with Crippen LogP contribution in [0.4, 0.5) is 0 Å². The molecule has 0 bridgehead atoms. The highest BCUT2D eigenvalue weighted by Gasteiger charge is 2.33. The molecule has 1 aliphatic carbocycles. The topological polar surface area (TPSA) is 58.4 Å². The summed E-state index contributed by atoms with van der Waals surface area (Å²) in [5.41, 5.74) is 2.96. The number of piperazine rings is 1. The number of para-hydroxylation sites is 1. The van der Waals surface area contributed by atoms with Crippen LogP contribution < -0.4 is 0 Å². The lowest BCUT2D eigenvalue weighted by atomic mass is 9.84. The summed E-state index contributed by atoms with van der Waals surface area (Å²) >= 11 is 6.04. The van der Waals surface area contributed by atoms with Crippen LogP contribution in [0.3, 0.4) is 0 Å². The first-order valence-corrected chi connectivity index (χ1v) is 11.5. The first-order valence-electron chi connectivity index (χ1n) is 11.1. The zero-order chi connectivity index (χ0) is 22.1. The predicted molar refractivity (Wildman–Crippen MR) is 124 cm³/mol. The van der Waals surface area contributed by atoms with Crippen molar-refractivity contribution in [2.45, 2.75) is 19.3 Å². The predicted octanol–water partition coefficient (Wildman–Crippen LogP) is 4.28. The molecule has 2 aliphatic rings. The normalized spacial score (nSPS) is 16.7. The van der Waals surface area contributed by atoms with Crippen LogP contribution in [0.2, 0.25) is 5.02 Å². The van der Waals surface area contributed by atoms with Gasteiger partial charge in [-0.05, 0) is 43.2 Å². The number of halogens is 1. The second-order valence-electron chi connectivity index (χ2n) is 8.41. The summed E-state index contributed by atoms with van der Waals surface area (Å²) in [6.45, 7) is 2.25. The Morgan fingerprint density at radius 2 is 1.53 bits per heavy atom. The van der Waals surface area contributed by atoms with Gasteiger partial charge in [-0.15, -0.1) is 0 Å². The van der Waals surface area contributed by atoms with Crippen LogP contribution in [0.1, 0.15) is 29.8 Å². The monoisotopic (exact) mass is 448 g/mol. The van der Waals surface area contributed by atoms with Gasteiger partial charge in [0.05, 0.1) is 11.4 Å². The van der Waals surface area contributed by atoms with Crippen LogP contribution in [0.5, 0.6) is 0 Å². The third-order valence-electron chi connectivity index (χ3n) is 6.40. The molecule has 0 radical (unpaired) electrons. The van der Waals surface area contributed by atoms with Crippen molar-refractivity contribution in [2.24, 2.45) is 5.92 Å². The largest absolute Gasteiger partial charge is 0.339 e. The molecule has 0 atom stereocenters. The number of amides is 2. The second-order valence-corrected chi connectivity index (χ2v) is 8.85. The summed E-state index contributed by atoms with van der Waals surface area (Å²) in [6.07, 6.45) is 3.15.